The van der Waals surface area contributed by atoms with Gasteiger partial charge in [-0.15, -0.1) is 5.54 Å². The highest BCUT2D eigenvalue weighted by molar-refractivity contribution is 6.83. The van der Waals surface area contributed by atoms with Crippen molar-refractivity contribution in [3.63, 3.8) is 0 Å². The normalized spacial score (nSPS) is 11.1. The third-order valence-electron chi connectivity index (χ3n) is 4.79. The number of ether oxygens (including phenoxy) is 2. The summed E-state index contributed by atoms with van der Waals surface area (Å²) >= 11 is 0. The number of rotatable bonds is 6. The summed E-state index contributed by atoms with van der Waals surface area (Å²) in [7, 11) is -1.58. The summed E-state index contributed by atoms with van der Waals surface area (Å²) in [4.78, 5) is 3.34. The van der Waals surface area contributed by atoms with Crippen LogP contribution in [0.1, 0.15) is 16.7 Å². The lowest BCUT2D eigenvalue weighted by molar-refractivity contribution is 0.256. The van der Waals surface area contributed by atoms with Gasteiger partial charge < -0.3 is 14.5 Å². The SMILES string of the molecule is C[Si](C)(C)C#Cc1c(OCc2ccccc2)c(OCc2ccccc2)cc2cc[nH]c12. The standard InChI is InChI=1S/C27H27NO2Si/c1-31(2,3)17-15-24-26-23(14-16-28-26)18-25(29-19-21-10-6-4-7-11-21)27(24)30-20-22-12-8-5-9-13-22/h4-14,16,18,28H,19-20H2,1-3H3. The Kier molecular flexibility index (Phi) is 6.15. The maximum absolute atomic E-state index is 6.35. The summed E-state index contributed by atoms with van der Waals surface area (Å²) in [5, 5.41) is 1.06. The minimum absolute atomic E-state index is 0.455. The molecule has 31 heavy (non-hydrogen) atoms. The highest BCUT2D eigenvalue weighted by Gasteiger charge is 2.18. The van der Waals surface area contributed by atoms with Crippen LogP contribution >= 0.6 is 0 Å². The first-order valence-electron chi connectivity index (χ1n) is 10.5. The molecule has 0 unspecified atom stereocenters. The molecule has 4 rings (SSSR count). The average Bonchev–Trinajstić information content (AvgIpc) is 3.24. The Morgan fingerprint density at radius 1 is 0.806 bits per heavy atom. The van der Waals surface area contributed by atoms with Gasteiger partial charge in [0.2, 0.25) is 0 Å². The van der Waals surface area contributed by atoms with Crippen molar-refractivity contribution < 1.29 is 9.47 Å². The van der Waals surface area contributed by atoms with Crippen molar-refractivity contribution in [3.05, 3.63) is 95.7 Å². The summed E-state index contributed by atoms with van der Waals surface area (Å²) in [6.45, 7) is 7.65. The Labute approximate surface area is 185 Å². The fourth-order valence-electron chi connectivity index (χ4n) is 3.25. The zero-order valence-corrected chi connectivity index (χ0v) is 19.2. The van der Waals surface area contributed by atoms with E-state index in [4.69, 9.17) is 9.47 Å². The van der Waals surface area contributed by atoms with E-state index in [1.54, 1.807) is 0 Å². The topological polar surface area (TPSA) is 34.2 Å². The van der Waals surface area contributed by atoms with Crippen molar-refractivity contribution in [1.29, 1.82) is 0 Å². The molecule has 4 heteroatoms. The van der Waals surface area contributed by atoms with Crippen LogP contribution in [0, 0.1) is 11.5 Å². The summed E-state index contributed by atoms with van der Waals surface area (Å²) in [6.07, 6.45) is 1.94. The lowest BCUT2D eigenvalue weighted by Gasteiger charge is -2.16. The highest BCUT2D eigenvalue weighted by Crippen LogP contribution is 2.38. The third kappa shape index (κ3) is 5.39. The van der Waals surface area contributed by atoms with Gasteiger partial charge in [-0.1, -0.05) is 86.2 Å². The predicted molar refractivity (Wildman–Crippen MR) is 130 cm³/mol. The lowest BCUT2D eigenvalue weighted by atomic mass is 10.1. The highest BCUT2D eigenvalue weighted by atomic mass is 28.3. The summed E-state index contributed by atoms with van der Waals surface area (Å²) in [5.74, 6) is 4.84. The molecule has 0 saturated carbocycles. The molecule has 0 spiro atoms. The predicted octanol–water partition coefficient (Wildman–Crippen LogP) is 6.55. The average molecular weight is 426 g/mol. The Morgan fingerprint density at radius 3 is 2.03 bits per heavy atom. The van der Waals surface area contributed by atoms with Crippen LogP contribution in [0.25, 0.3) is 10.9 Å². The maximum Gasteiger partial charge on any atom is 0.179 e. The molecule has 0 fully saturated rings. The van der Waals surface area contributed by atoms with E-state index in [0.717, 1.165) is 27.6 Å². The molecule has 1 N–H and O–H groups in total. The van der Waals surface area contributed by atoms with Gasteiger partial charge in [-0.25, -0.2) is 0 Å². The van der Waals surface area contributed by atoms with E-state index in [0.29, 0.717) is 24.7 Å². The molecule has 4 aromatic rings. The van der Waals surface area contributed by atoms with Gasteiger partial charge in [-0.2, -0.15) is 0 Å². The zero-order chi connectivity index (χ0) is 21.7. The Hall–Kier alpha value is -3.42. The van der Waals surface area contributed by atoms with Crippen LogP contribution < -0.4 is 9.47 Å². The molecular formula is C27H27NO2Si. The molecule has 0 saturated heterocycles. The quantitative estimate of drug-likeness (QED) is 0.281. The smallest absolute Gasteiger partial charge is 0.179 e. The molecule has 1 aromatic heterocycles. The van der Waals surface area contributed by atoms with E-state index in [-0.39, 0.29) is 0 Å². The number of hydrogen-bond donors (Lipinski definition) is 1. The minimum Gasteiger partial charge on any atom is -0.485 e. The monoisotopic (exact) mass is 425 g/mol. The van der Waals surface area contributed by atoms with E-state index < -0.39 is 8.07 Å². The molecular weight excluding hydrogens is 398 g/mol. The molecule has 1 heterocycles. The second-order valence-corrected chi connectivity index (χ2v) is 13.3. The summed E-state index contributed by atoms with van der Waals surface area (Å²) in [5.41, 5.74) is 7.56. The first-order valence-corrected chi connectivity index (χ1v) is 14.0. The molecule has 0 aliphatic carbocycles. The molecule has 0 aliphatic rings. The van der Waals surface area contributed by atoms with Gasteiger partial charge in [0.1, 0.15) is 21.3 Å². The molecule has 0 bridgehead atoms. The van der Waals surface area contributed by atoms with E-state index in [2.05, 4.69) is 60.4 Å². The van der Waals surface area contributed by atoms with Crippen LogP contribution in [-0.2, 0) is 13.2 Å². The fourth-order valence-corrected chi connectivity index (χ4v) is 3.75. The number of hydrogen-bond acceptors (Lipinski definition) is 2. The van der Waals surface area contributed by atoms with Gasteiger partial charge in [0.25, 0.3) is 0 Å². The third-order valence-corrected chi connectivity index (χ3v) is 5.67. The van der Waals surface area contributed by atoms with Crippen molar-refractivity contribution in [2.75, 3.05) is 0 Å². The molecule has 156 valence electrons. The number of fused-ring (bicyclic) bond motifs is 1. The second-order valence-electron chi connectivity index (χ2n) is 8.57. The molecule has 0 atom stereocenters. The van der Waals surface area contributed by atoms with Crippen LogP contribution in [0.5, 0.6) is 11.5 Å². The number of H-pyrrole nitrogens is 1. The van der Waals surface area contributed by atoms with Crippen molar-refractivity contribution in [3.8, 4) is 23.0 Å². The van der Waals surface area contributed by atoms with E-state index >= 15 is 0 Å². The first-order chi connectivity index (χ1) is 15.0. The largest absolute Gasteiger partial charge is 0.485 e. The Balaban J connectivity index is 1.76. The van der Waals surface area contributed by atoms with Crippen LogP contribution in [0.15, 0.2) is 79.0 Å². The van der Waals surface area contributed by atoms with Crippen LogP contribution in [0.4, 0.5) is 0 Å². The first kappa shape index (κ1) is 20.8. The number of aromatic nitrogens is 1. The zero-order valence-electron chi connectivity index (χ0n) is 18.2. The second kappa shape index (κ2) is 9.16. The van der Waals surface area contributed by atoms with Crippen LogP contribution in [0.2, 0.25) is 19.6 Å². The minimum atomic E-state index is -1.58. The van der Waals surface area contributed by atoms with E-state index in [1.807, 2.05) is 54.7 Å². The van der Waals surface area contributed by atoms with E-state index in [1.165, 1.54) is 0 Å². The van der Waals surface area contributed by atoms with Crippen LogP contribution in [0.3, 0.4) is 0 Å². The van der Waals surface area contributed by atoms with Gasteiger partial charge in [-0.05, 0) is 23.3 Å². The summed E-state index contributed by atoms with van der Waals surface area (Å²) < 4.78 is 12.6. The molecule has 0 amide bonds. The Bertz CT molecular complexity index is 1210. The molecule has 0 aliphatic heterocycles. The summed E-state index contributed by atoms with van der Waals surface area (Å²) in [6, 6.07) is 24.4. The number of aromatic amines is 1. The fraction of sp³-hybridized carbons (Fsp3) is 0.185. The van der Waals surface area contributed by atoms with Crippen molar-refractivity contribution >= 4 is 19.0 Å². The van der Waals surface area contributed by atoms with Crippen molar-refractivity contribution in [1.82, 2.24) is 4.98 Å². The Morgan fingerprint density at radius 2 is 1.42 bits per heavy atom. The van der Waals surface area contributed by atoms with Gasteiger partial charge in [0, 0.05) is 11.6 Å². The number of benzene rings is 3. The van der Waals surface area contributed by atoms with Crippen molar-refractivity contribution in [2.24, 2.45) is 0 Å². The lowest BCUT2D eigenvalue weighted by Crippen LogP contribution is -2.16. The van der Waals surface area contributed by atoms with Crippen LogP contribution in [-0.4, -0.2) is 13.1 Å². The maximum atomic E-state index is 6.35. The van der Waals surface area contributed by atoms with Gasteiger partial charge in [0.15, 0.2) is 11.5 Å². The van der Waals surface area contributed by atoms with E-state index in [9.17, 15) is 0 Å². The molecule has 0 radical (unpaired) electrons. The van der Waals surface area contributed by atoms with Gasteiger partial charge in [-0.3, -0.25) is 0 Å². The molecule has 3 nitrogen and oxygen atoms in total. The number of nitrogens with one attached hydrogen (secondary N) is 1. The van der Waals surface area contributed by atoms with Gasteiger partial charge >= 0.3 is 0 Å². The van der Waals surface area contributed by atoms with Gasteiger partial charge in [0.05, 0.1) is 11.1 Å². The van der Waals surface area contributed by atoms with Crippen molar-refractivity contribution in [2.45, 2.75) is 32.9 Å². The molecule has 3 aromatic carbocycles.